The van der Waals surface area contributed by atoms with Crippen LogP contribution in [-0.4, -0.2) is 104 Å². The van der Waals surface area contributed by atoms with Gasteiger partial charge in [0, 0.05) is 7.11 Å². The Morgan fingerprint density at radius 2 is 0.778 bits per heavy atom. The lowest BCUT2D eigenvalue weighted by molar-refractivity contribution is -0.150. The van der Waals surface area contributed by atoms with Gasteiger partial charge in [0.05, 0.1) is 77.5 Å². The maximum atomic E-state index is 12.6. The summed E-state index contributed by atoms with van der Waals surface area (Å²) in [5.74, 6) is -3.53. The third-order valence-corrected chi connectivity index (χ3v) is 7.83. The van der Waals surface area contributed by atoms with E-state index in [0.29, 0.717) is 0 Å². The Balaban J connectivity index is 5.70. The van der Waals surface area contributed by atoms with Crippen LogP contribution in [0, 0.1) is 0 Å². The fourth-order valence-corrected chi connectivity index (χ4v) is 5.52. The van der Waals surface area contributed by atoms with Crippen LogP contribution in [0.3, 0.4) is 0 Å². The quantitative estimate of drug-likeness (QED) is 0.0691. The number of carbonyl (C=O) groups is 4. The van der Waals surface area contributed by atoms with E-state index in [-0.39, 0.29) is 26.4 Å². The van der Waals surface area contributed by atoms with Crippen molar-refractivity contribution in [1.82, 2.24) is 0 Å². The summed E-state index contributed by atoms with van der Waals surface area (Å²) in [6, 6.07) is 0. The molecule has 45 heavy (non-hydrogen) atoms. The number of rotatable bonds is 25. The van der Waals surface area contributed by atoms with Gasteiger partial charge in [-0.2, -0.15) is 0 Å². The van der Waals surface area contributed by atoms with Crippen molar-refractivity contribution < 1.29 is 93.6 Å². The van der Waals surface area contributed by atoms with Gasteiger partial charge in [0.15, 0.2) is 0 Å². The fourth-order valence-electron chi connectivity index (χ4n) is 3.05. The molecule has 0 radical (unpaired) electrons. The van der Waals surface area contributed by atoms with Gasteiger partial charge in [-0.15, -0.1) is 0 Å². The number of esters is 4. The van der Waals surface area contributed by atoms with Crippen LogP contribution in [0.5, 0.6) is 0 Å². The number of hydrogen-bond acceptors (Lipinski definition) is 17. The van der Waals surface area contributed by atoms with Gasteiger partial charge in [-0.1, -0.05) is 0 Å². The average Bonchev–Trinajstić information content (AvgIpc) is 2.90. The second-order valence-corrected chi connectivity index (χ2v) is 12.7. The molecule has 23 heteroatoms. The van der Waals surface area contributed by atoms with Crippen LogP contribution < -0.4 is 0 Å². The van der Waals surface area contributed by atoms with Crippen LogP contribution >= 0.6 is 23.5 Å². The molecule has 0 rings (SSSR count). The Kier molecular flexibility index (Phi) is 21.0. The van der Waals surface area contributed by atoms with Crippen molar-refractivity contribution in [3.8, 4) is 0 Å². The van der Waals surface area contributed by atoms with Crippen LogP contribution in [0.15, 0.2) is 0 Å². The third-order valence-electron chi connectivity index (χ3n) is 4.72. The van der Waals surface area contributed by atoms with Crippen molar-refractivity contribution >= 4 is 47.3 Å². The van der Waals surface area contributed by atoms with Crippen molar-refractivity contribution in [1.29, 1.82) is 0 Å². The normalized spacial score (nSPS) is 16.2. The van der Waals surface area contributed by atoms with Gasteiger partial charge in [-0.3, -0.25) is 46.3 Å². The molecule has 3 atom stereocenters. The highest BCUT2D eigenvalue weighted by Crippen LogP contribution is 2.50. The highest BCUT2D eigenvalue weighted by Gasteiger charge is 2.36. The molecule has 3 N–H and O–H groups in total. The van der Waals surface area contributed by atoms with E-state index < -0.39 is 105 Å². The van der Waals surface area contributed by atoms with Crippen LogP contribution in [0.4, 0.5) is 0 Å². The van der Waals surface area contributed by atoms with Gasteiger partial charge in [-0.05, 0) is 27.7 Å². The standard InChI is InChI=1S/C22H41O20P3/c1-6-34-19(23)10-16(11-20(24)35-7-2)40-44(29,30)38-14-18(42-43(27,28)33-5)15-39-45(31,32)41-17(12-21(25)36-8-3)13-22(26)37-9-4/h16-18H,6-15H2,1-5H3,(H,27,28)(H,29,30)(H,31,32). The van der Waals surface area contributed by atoms with Gasteiger partial charge in [-0.25, -0.2) is 13.7 Å². The Labute approximate surface area is 259 Å². The predicted molar refractivity (Wildman–Crippen MR) is 148 cm³/mol. The lowest BCUT2D eigenvalue weighted by Crippen LogP contribution is -2.27. The second-order valence-electron chi connectivity index (χ2n) is 8.40. The Hall–Kier alpha value is -1.79. The zero-order chi connectivity index (χ0) is 34.7. The minimum Gasteiger partial charge on any atom is -0.466 e. The molecule has 3 unspecified atom stereocenters. The van der Waals surface area contributed by atoms with Gasteiger partial charge < -0.3 is 33.6 Å². The van der Waals surface area contributed by atoms with E-state index in [2.05, 4.69) is 4.52 Å². The minimum atomic E-state index is -5.19. The van der Waals surface area contributed by atoms with Crippen LogP contribution in [-0.2, 0) is 79.0 Å². The summed E-state index contributed by atoms with van der Waals surface area (Å²) in [5, 5.41) is 0. The maximum Gasteiger partial charge on any atom is 0.472 e. The van der Waals surface area contributed by atoms with Crippen molar-refractivity contribution in [2.24, 2.45) is 0 Å². The molecule has 20 nitrogen and oxygen atoms in total. The average molecular weight is 718 g/mol. The number of hydrogen-bond donors (Lipinski definition) is 3. The molecule has 0 aromatic rings. The molecule has 264 valence electrons. The lowest BCUT2D eigenvalue weighted by atomic mass is 10.2. The summed E-state index contributed by atoms with van der Waals surface area (Å²) in [5.41, 5.74) is 0. The summed E-state index contributed by atoms with van der Waals surface area (Å²) in [6.07, 6.45) is -7.70. The topological polar surface area (TPSA) is 272 Å². The minimum absolute atomic E-state index is 0.0389. The number of phosphoric acid groups is 3. The molecule has 0 saturated heterocycles. The fraction of sp³-hybridized carbons (Fsp3) is 0.818. The molecular formula is C22H41O20P3. The largest absolute Gasteiger partial charge is 0.472 e. The van der Waals surface area contributed by atoms with E-state index in [9.17, 15) is 47.6 Å². The van der Waals surface area contributed by atoms with Crippen LogP contribution in [0.25, 0.3) is 0 Å². The van der Waals surface area contributed by atoms with E-state index in [1.807, 2.05) is 0 Å². The van der Waals surface area contributed by atoms with Gasteiger partial charge in [0.25, 0.3) is 0 Å². The van der Waals surface area contributed by atoms with Gasteiger partial charge in [0.1, 0.15) is 6.10 Å². The molecule has 0 aromatic carbocycles. The molecule has 0 bridgehead atoms. The molecule has 0 aliphatic heterocycles. The van der Waals surface area contributed by atoms with Crippen LogP contribution in [0.1, 0.15) is 53.4 Å². The molecule has 0 heterocycles. The Bertz CT molecular complexity index is 972. The summed E-state index contributed by atoms with van der Waals surface area (Å²) >= 11 is 0. The first kappa shape index (κ1) is 43.2. The molecule has 0 aromatic heterocycles. The van der Waals surface area contributed by atoms with Gasteiger partial charge >= 0.3 is 47.3 Å². The highest BCUT2D eigenvalue weighted by atomic mass is 31.2. The van der Waals surface area contributed by atoms with Crippen molar-refractivity contribution in [2.45, 2.75) is 71.7 Å². The number of carbonyl (C=O) groups excluding carboxylic acids is 4. The molecule has 0 spiro atoms. The number of phosphoric ester groups is 3. The molecule has 0 amide bonds. The summed E-state index contributed by atoms with van der Waals surface area (Å²) in [6.45, 7) is 3.57. The summed E-state index contributed by atoms with van der Waals surface area (Å²) < 4.78 is 84.6. The molecule has 0 aliphatic rings. The summed E-state index contributed by atoms with van der Waals surface area (Å²) in [7, 11) is -14.5. The highest BCUT2D eigenvalue weighted by molar-refractivity contribution is 7.48. The first-order valence-electron chi connectivity index (χ1n) is 13.4. The summed E-state index contributed by atoms with van der Waals surface area (Å²) in [4.78, 5) is 77.7. The smallest absolute Gasteiger partial charge is 0.466 e. The molecule has 0 aliphatic carbocycles. The van der Waals surface area contributed by atoms with Crippen molar-refractivity contribution in [3.63, 3.8) is 0 Å². The van der Waals surface area contributed by atoms with E-state index in [4.69, 9.17) is 41.6 Å². The molecule has 0 saturated carbocycles. The second kappa shape index (κ2) is 21.9. The number of ether oxygens (including phenoxy) is 4. The first-order chi connectivity index (χ1) is 20.9. The zero-order valence-corrected chi connectivity index (χ0v) is 28.1. The third kappa shape index (κ3) is 21.6. The van der Waals surface area contributed by atoms with E-state index in [1.54, 1.807) is 0 Å². The van der Waals surface area contributed by atoms with Crippen LogP contribution in [0.2, 0.25) is 0 Å². The van der Waals surface area contributed by atoms with Crippen molar-refractivity contribution in [3.05, 3.63) is 0 Å². The lowest BCUT2D eigenvalue weighted by Gasteiger charge is -2.24. The van der Waals surface area contributed by atoms with E-state index in [1.165, 1.54) is 27.7 Å². The Morgan fingerprint density at radius 1 is 0.511 bits per heavy atom. The Morgan fingerprint density at radius 3 is 1.02 bits per heavy atom. The SMILES string of the molecule is CCOC(=O)CC(CC(=O)OCC)OP(=O)(O)OCC(COP(=O)(O)OC(CC(=O)OCC)CC(=O)OCC)OP(=O)(O)OC. The van der Waals surface area contributed by atoms with E-state index >= 15 is 0 Å². The van der Waals surface area contributed by atoms with E-state index in [0.717, 1.165) is 7.11 Å². The maximum absolute atomic E-state index is 12.6. The zero-order valence-electron chi connectivity index (χ0n) is 25.4. The van der Waals surface area contributed by atoms with Gasteiger partial charge in [0.2, 0.25) is 0 Å². The predicted octanol–water partition coefficient (Wildman–Crippen LogP) is 1.94. The molecular weight excluding hydrogens is 677 g/mol. The first-order valence-corrected chi connectivity index (χ1v) is 17.9. The monoisotopic (exact) mass is 718 g/mol. The van der Waals surface area contributed by atoms with Crippen molar-refractivity contribution in [2.75, 3.05) is 46.8 Å². The molecule has 0 fully saturated rings.